The fourth-order valence-electron chi connectivity index (χ4n) is 1.95. The van der Waals surface area contributed by atoms with Crippen LogP contribution in [0.4, 0.5) is 0 Å². The van der Waals surface area contributed by atoms with Crippen molar-refractivity contribution in [2.75, 3.05) is 6.26 Å². The first kappa shape index (κ1) is 14.6. The van der Waals surface area contributed by atoms with Crippen LogP contribution in [0.1, 0.15) is 24.4 Å². The van der Waals surface area contributed by atoms with Crippen molar-refractivity contribution in [3.63, 3.8) is 0 Å². The summed E-state index contributed by atoms with van der Waals surface area (Å²) < 4.78 is 0. The van der Waals surface area contributed by atoms with Gasteiger partial charge in [0.1, 0.15) is 5.01 Å². The second-order valence-electron chi connectivity index (χ2n) is 4.92. The van der Waals surface area contributed by atoms with Gasteiger partial charge < -0.3 is 5.73 Å². The molecule has 2 nitrogen and oxygen atoms in total. The smallest absolute Gasteiger partial charge is 0.123 e. The molecule has 19 heavy (non-hydrogen) atoms. The van der Waals surface area contributed by atoms with E-state index in [1.165, 1.54) is 21.0 Å². The predicted molar refractivity (Wildman–Crippen MR) is 85.8 cm³/mol. The summed E-state index contributed by atoms with van der Waals surface area (Å²) >= 11 is 3.48. The average Bonchev–Trinajstić information content (AvgIpc) is 2.81. The SMILES string of the molecule is CSc1ccc(-c2nc(CC(C)C)c(CN)s2)cc1. The predicted octanol–water partition coefficient (Wildman–Crippen LogP) is 4.19. The lowest BCUT2D eigenvalue weighted by Gasteiger charge is -2.02. The van der Waals surface area contributed by atoms with Crippen LogP contribution in [0.15, 0.2) is 29.2 Å². The van der Waals surface area contributed by atoms with Gasteiger partial charge in [-0.3, -0.25) is 0 Å². The van der Waals surface area contributed by atoms with E-state index in [9.17, 15) is 0 Å². The van der Waals surface area contributed by atoms with Gasteiger partial charge >= 0.3 is 0 Å². The highest BCUT2D eigenvalue weighted by Gasteiger charge is 2.12. The molecular formula is C15H20N2S2. The summed E-state index contributed by atoms with van der Waals surface area (Å²) in [6.07, 6.45) is 3.09. The first-order chi connectivity index (χ1) is 9.13. The summed E-state index contributed by atoms with van der Waals surface area (Å²) in [5, 5.41) is 1.09. The maximum absolute atomic E-state index is 5.83. The summed E-state index contributed by atoms with van der Waals surface area (Å²) in [6.45, 7) is 5.02. The molecule has 0 saturated heterocycles. The van der Waals surface area contributed by atoms with Gasteiger partial charge in [0.2, 0.25) is 0 Å². The minimum Gasteiger partial charge on any atom is -0.326 e. The van der Waals surface area contributed by atoms with E-state index in [-0.39, 0.29) is 0 Å². The maximum atomic E-state index is 5.83. The van der Waals surface area contributed by atoms with Gasteiger partial charge in [0.15, 0.2) is 0 Å². The monoisotopic (exact) mass is 292 g/mol. The Morgan fingerprint density at radius 1 is 1.26 bits per heavy atom. The lowest BCUT2D eigenvalue weighted by Crippen LogP contribution is -2.01. The number of thioether (sulfide) groups is 1. The molecule has 2 rings (SSSR count). The van der Waals surface area contributed by atoms with Crippen LogP contribution in [0.2, 0.25) is 0 Å². The number of benzene rings is 1. The first-order valence-electron chi connectivity index (χ1n) is 6.47. The molecule has 0 amide bonds. The highest BCUT2D eigenvalue weighted by atomic mass is 32.2. The molecule has 0 bridgehead atoms. The van der Waals surface area contributed by atoms with Gasteiger partial charge in [-0.05, 0) is 30.7 Å². The average molecular weight is 292 g/mol. The van der Waals surface area contributed by atoms with Crippen molar-refractivity contribution in [3.8, 4) is 10.6 Å². The third-order valence-electron chi connectivity index (χ3n) is 2.90. The Morgan fingerprint density at radius 2 is 1.95 bits per heavy atom. The van der Waals surface area contributed by atoms with Crippen LogP contribution in [0, 0.1) is 5.92 Å². The molecule has 0 saturated carbocycles. The van der Waals surface area contributed by atoms with Crippen LogP contribution in [0.3, 0.4) is 0 Å². The molecular weight excluding hydrogens is 272 g/mol. The minimum atomic E-state index is 0.586. The first-order valence-corrected chi connectivity index (χ1v) is 8.51. The fourth-order valence-corrected chi connectivity index (χ4v) is 3.33. The Kier molecular flexibility index (Phi) is 5.02. The summed E-state index contributed by atoms with van der Waals surface area (Å²) in [5.41, 5.74) is 8.19. The molecule has 0 aliphatic heterocycles. The molecule has 0 aliphatic carbocycles. The zero-order chi connectivity index (χ0) is 13.8. The molecule has 1 aromatic heterocycles. The van der Waals surface area contributed by atoms with E-state index in [0.29, 0.717) is 12.5 Å². The molecule has 4 heteroatoms. The Balaban J connectivity index is 2.31. The van der Waals surface area contributed by atoms with Crippen LogP contribution < -0.4 is 5.73 Å². The Hall–Kier alpha value is -0.840. The largest absolute Gasteiger partial charge is 0.326 e. The van der Waals surface area contributed by atoms with Crippen LogP contribution in [0.25, 0.3) is 10.6 Å². The number of hydrogen-bond acceptors (Lipinski definition) is 4. The quantitative estimate of drug-likeness (QED) is 0.840. The second-order valence-corrected chi connectivity index (χ2v) is 6.88. The van der Waals surface area contributed by atoms with Gasteiger partial charge in [-0.25, -0.2) is 4.98 Å². The zero-order valence-corrected chi connectivity index (χ0v) is 13.3. The molecule has 0 radical (unpaired) electrons. The van der Waals surface area contributed by atoms with E-state index >= 15 is 0 Å². The summed E-state index contributed by atoms with van der Waals surface area (Å²) in [7, 11) is 0. The van der Waals surface area contributed by atoms with Crippen LogP contribution in [0.5, 0.6) is 0 Å². The lowest BCUT2D eigenvalue weighted by molar-refractivity contribution is 0.634. The van der Waals surface area contributed by atoms with E-state index in [4.69, 9.17) is 10.7 Å². The van der Waals surface area contributed by atoms with Gasteiger partial charge in [-0.1, -0.05) is 26.0 Å². The molecule has 2 N–H and O–H groups in total. The van der Waals surface area contributed by atoms with Crippen molar-refractivity contribution in [3.05, 3.63) is 34.8 Å². The molecule has 0 unspecified atom stereocenters. The van der Waals surface area contributed by atoms with Crippen molar-refractivity contribution in [1.29, 1.82) is 0 Å². The third-order valence-corrected chi connectivity index (χ3v) is 4.81. The number of aromatic nitrogens is 1. The molecule has 0 aliphatic rings. The standard InChI is InChI=1S/C15H20N2S2/c1-10(2)8-13-14(9-16)19-15(17-13)11-4-6-12(18-3)7-5-11/h4-7,10H,8-9,16H2,1-3H3. The Morgan fingerprint density at radius 3 is 2.47 bits per heavy atom. The summed E-state index contributed by atoms with van der Waals surface area (Å²) in [4.78, 5) is 7.28. The highest BCUT2D eigenvalue weighted by molar-refractivity contribution is 7.98. The number of nitrogens with two attached hydrogens (primary N) is 1. The highest BCUT2D eigenvalue weighted by Crippen LogP contribution is 2.30. The lowest BCUT2D eigenvalue weighted by atomic mass is 10.1. The van der Waals surface area contributed by atoms with Crippen molar-refractivity contribution in [1.82, 2.24) is 4.98 Å². The van der Waals surface area contributed by atoms with Crippen LogP contribution >= 0.6 is 23.1 Å². The number of rotatable bonds is 5. The van der Waals surface area contributed by atoms with Gasteiger partial charge in [-0.15, -0.1) is 23.1 Å². The Bertz CT molecular complexity index is 530. The zero-order valence-electron chi connectivity index (χ0n) is 11.6. The van der Waals surface area contributed by atoms with Gasteiger partial charge in [0.05, 0.1) is 5.69 Å². The summed E-state index contributed by atoms with van der Waals surface area (Å²) in [6, 6.07) is 8.57. The summed E-state index contributed by atoms with van der Waals surface area (Å²) in [5.74, 6) is 0.610. The maximum Gasteiger partial charge on any atom is 0.123 e. The molecule has 102 valence electrons. The molecule has 0 atom stereocenters. The number of thiazole rings is 1. The van der Waals surface area contributed by atoms with E-state index in [2.05, 4.69) is 44.4 Å². The fraction of sp³-hybridized carbons (Fsp3) is 0.400. The molecule has 2 aromatic rings. The number of nitrogens with zero attached hydrogens (tertiary/aromatic N) is 1. The van der Waals surface area contributed by atoms with E-state index in [0.717, 1.165) is 11.4 Å². The normalized spacial score (nSPS) is 11.2. The second kappa shape index (κ2) is 6.55. The minimum absolute atomic E-state index is 0.586. The molecule has 1 aromatic carbocycles. The van der Waals surface area contributed by atoms with Gasteiger partial charge in [0.25, 0.3) is 0 Å². The van der Waals surface area contributed by atoms with E-state index in [1.807, 2.05) is 0 Å². The third kappa shape index (κ3) is 3.59. The van der Waals surface area contributed by atoms with Crippen molar-refractivity contribution in [2.24, 2.45) is 11.7 Å². The van der Waals surface area contributed by atoms with E-state index < -0.39 is 0 Å². The molecule has 0 fully saturated rings. The van der Waals surface area contributed by atoms with Crippen molar-refractivity contribution >= 4 is 23.1 Å². The van der Waals surface area contributed by atoms with E-state index in [1.54, 1.807) is 23.1 Å². The number of hydrogen-bond donors (Lipinski definition) is 1. The van der Waals surface area contributed by atoms with Crippen LogP contribution in [-0.4, -0.2) is 11.2 Å². The Labute approximate surface area is 123 Å². The topological polar surface area (TPSA) is 38.9 Å². The molecule has 0 spiro atoms. The van der Waals surface area contributed by atoms with Crippen molar-refractivity contribution < 1.29 is 0 Å². The van der Waals surface area contributed by atoms with Gasteiger partial charge in [0, 0.05) is 21.9 Å². The molecule has 1 heterocycles. The van der Waals surface area contributed by atoms with Gasteiger partial charge in [-0.2, -0.15) is 0 Å². The van der Waals surface area contributed by atoms with Crippen molar-refractivity contribution in [2.45, 2.75) is 31.7 Å². The van der Waals surface area contributed by atoms with Crippen LogP contribution in [-0.2, 0) is 13.0 Å².